The first-order valence-corrected chi connectivity index (χ1v) is 10.5. The van der Waals surface area contributed by atoms with Crippen LogP contribution in [0, 0.1) is 9.39 Å². The van der Waals surface area contributed by atoms with Crippen molar-refractivity contribution in [2.75, 3.05) is 12.8 Å². The smallest absolute Gasteiger partial charge is 0.247 e. The molecule has 30 heavy (non-hydrogen) atoms. The second-order valence-corrected chi connectivity index (χ2v) is 8.17. The highest BCUT2D eigenvalue weighted by molar-refractivity contribution is 14.1. The first-order valence-electron chi connectivity index (χ1n) is 8.59. The molecular weight excluding hydrogens is 524 g/mol. The quantitative estimate of drug-likeness (QED) is 0.258. The molecule has 0 aliphatic rings. The standard InChI is InChI=1S/C19H17FIN5O3S/c1-28-15-7-11(9-23-24-16(27)8-17-25-26-19(22)30-17)6-14(21)18(15)29-10-12-4-2-3-5-13(12)20/h2-7,9H,8,10H2,1H3,(H2,22,26)(H,24,27)/b23-9-. The number of rotatable bonds is 8. The summed E-state index contributed by atoms with van der Waals surface area (Å²) in [7, 11) is 1.51. The van der Waals surface area contributed by atoms with Gasteiger partial charge in [0.2, 0.25) is 11.0 Å². The Balaban J connectivity index is 1.64. The number of carbonyl (C=O) groups excluding carboxylic acids is 1. The van der Waals surface area contributed by atoms with Crippen LogP contribution in [-0.4, -0.2) is 29.4 Å². The molecule has 0 aliphatic heterocycles. The lowest BCUT2D eigenvalue weighted by atomic mass is 10.2. The summed E-state index contributed by atoms with van der Waals surface area (Å²) in [4.78, 5) is 11.9. The van der Waals surface area contributed by atoms with Gasteiger partial charge in [0.15, 0.2) is 11.5 Å². The number of halogens is 2. The molecule has 0 fully saturated rings. The molecule has 3 aromatic rings. The molecule has 3 N–H and O–H groups in total. The van der Waals surface area contributed by atoms with E-state index in [0.29, 0.717) is 32.8 Å². The third kappa shape index (κ3) is 5.86. The average Bonchev–Trinajstić information content (AvgIpc) is 3.12. The lowest BCUT2D eigenvalue weighted by Crippen LogP contribution is -2.19. The first kappa shape index (κ1) is 21.9. The summed E-state index contributed by atoms with van der Waals surface area (Å²) in [6.07, 6.45) is 1.52. The predicted octanol–water partition coefficient (Wildman–Crippen LogP) is 3.14. The van der Waals surface area contributed by atoms with E-state index in [4.69, 9.17) is 15.2 Å². The second-order valence-electron chi connectivity index (χ2n) is 5.92. The van der Waals surface area contributed by atoms with Crippen LogP contribution in [0.5, 0.6) is 11.5 Å². The Kier molecular flexibility index (Phi) is 7.52. The van der Waals surface area contributed by atoms with Gasteiger partial charge in [-0.1, -0.05) is 29.5 Å². The zero-order chi connectivity index (χ0) is 21.5. The number of carbonyl (C=O) groups is 1. The van der Waals surface area contributed by atoms with Crippen LogP contribution in [0.15, 0.2) is 41.5 Å². The highest BCUT2D eigenvalue weighted by Crippen LogP contribution is 2.34. The van der Waals surface area contributed by atoms with Crippen molar-refractivity contribution >= 4 is 51.2 Å². The van der Waals surface area contributed by atoms with Gasteiger partial charge in [-0.25, -0.2) is 9.82 Å². The molecule has 1 aromatic heterocycles. The van der Waals surface area contributed by atoms with E-state index in [9.17, 15) is 9.18 Å². The van der Waals surface area contributed by atoms with Gasteiger partial charge >= 0.3 is 0 Å². The number of nitrogens with two attached hydrogens (primary N) is 1. The molecule has 156 valence electrons. The number of anilines is 1. The highest BCUT2D eigenvalue weighted by Gasteiger charge is 2.13. The van der Waals surface area contributed by atoms with Crippen LogP contribution in [0.3, 0.4) is 0 Å². The number of methoxy groups -OCH3 is 1. The molecule has 0 unspecified atom stereocenters. The Labute approximate surface area is 189 Å². The third-order valence-electron chi connectivity index (χ3n) is 3.78. The van der Waals surface area contributed by atoms with E-state index in [1.165, 1.54) is 19.4 Å². The Morgan fingerprint density at radius 3 is 2.87 bits per heavy atom. The SMILES string of the molecule is COc1cc(/C=N\NC(=O)Cc2nnc(N)s2)cc(I)c1OCc1ccccc1F. The number of nitrogens with zero attached hydrogens (tertiary/aromatic N) is 3. The van der Waals surface area contributed by atoms with Gasteiger partial charge in [0.1, 0.15) is 17.4 Å². The molecule has 0 saturated carbocycles. The summed E-state index contributed by atoms with van der Waals surface area (Å²) in [5.41, 5.74) is 9.05. The second kappa shape index (κ2) is 10.3. The zero-order valence-corrected chi connectivity index (χ0v) is 18.7. The van der Waals surface area contributed by atoms with Crippen molar-refractivity contribution in [3.05, 3.63) is 61.9 Å². The van der Waals surface area contributed by atoms with Crippen molar-refractivity contribution in [1.82, 2.24) is 15.6 Å². The molecule has 8 nitrogen and oxygen atoms in total. The molecule has 0 aliphatic carbocycles. The maximum Gasteiger partial charge on any atom is 0.247 e. The number of nitrogen functional groups attached to an aromatic ring is 1. The Hall–Kier alpha value is -2.80. The molecule has 0 atom stereocenters. The normalized spacial score (nSPS) is 10.9. The van der Waals surface area contributed by atoms with E-state index in [1.807, 2.05) is 0 Å². The third-order valence-corrected chi connectivity index (χ3v) is 5.33. The molecular formula is C19H17FIN5O3S. The highest BCUT2D eigenvalue weighted by atomic mass is 127. The maximum atomic E-state index is 13.8. The number of nitrogens with one attached hydrogen (secondary N) is 1. The molecule has 11 heteroatoms. The monoisotopic (exact) mass is 541 g/mol. The fourth-order valence-electron chi connectivity index (χ4n) is 2.41. The largest absolute Gasteiger partial charge is 0.493 e. The van der Waals surface area contributed by atoms with Crippen LogP contribution in [0.4, 0.5) is 9.52 Å². The van der Waals surface area contributed by atoms with Gasteiger partial charge in [0.25, 0.3) is 0 Å². The summed E-state index contributed by atoms with van der Waals surface area (Å²) in [6, 6.07) is 9.93. The summed E-state index contributed by atoms with van der Waals surface area (Å²) in [6.45, 7) is 0.0681. The molecule has 0 radical (unpaired) electrons. The van der Waals surface area contributed by atoms with E-state index < -0.39 is 0 Å². The Morgan fingerprint density at radius 2 is 2.17 bits per heavy atom. The number of benzene rings is 2. The Morgan fingerprint density at radius 1 is 1.37 bits per heavy atom. The van der Waals surface area contributed by atoms with Crippen molar-refractivity contribution in [2.24, 2.45) is 5.10 Å². The van der Waals surface area contributed by atoms with Crippen molar-refractivity contribution in [1.29, 1.82) is 0 Å². The fourth-order valence-corrected chi connectivity index (χ4v) is 3.80. The lowest BCUT2D eigenvalue weighted by molar-refractivity contribution is -0.120. The number of amides is 1. The van der Waals surface area contributed by atoms with Gasteiger partial charge in [-0.05, 0) is 46.4 Å². The number of aromatic nitrogens is 2. The summed E-state index contributed by atoms with van der Waals surface area (Å²) >= 11 is 3.24. The van der Waals surface area contributed by atoms with Crippen LogP contribution in [0.25, 0.3) is 0 Å². The van der Waals surface area contributed by atoms with Gasteiger partial charge in [-0.2, -0.15) is 5.10 Å². The van der Waals surface area contributed by atoms with Gasteiger partial charge in [-0.15, -0.1) is 10.2 Å². The fraction of sp³-hybridized carbons (Fsp3) is 0.158. The Bertz CT molecular complexity index is 1080. The van der Waals surface area contributed by atoms with E-state index in [0.717, 1.165) is 14.9 Å². The van der Waals surface area contributed by atoms with Crippen molar-refractivity contribution < 1.29 is 18.7 Å². The molecule has 1 amide bonds. The summed E-state index contributed by atoms with van der Waals surface area (Å²) < 4.78 is 25.7. The van der Waals surface area contributed by atoms with Crippen LogP contribution in [0.1, 0.15) is 16.1 Å². The van der Waals surface area contributed by atoms with Crippen LogP contribution in [0.2, 0.25) is 0 Å². The van der Waals surface area contributed by atoms with Gasteiger partial charge in [0.05, 0.1) is 23.3 Å². The van der Waals surface area contributed by atoms with Crippen molar-refractivity contribution in [3.63, 3.8) is 0 Å². The number of hydrogen-bond acceptors (Lipinski definition) is 8. The molecule has 0 spiro atoms. The minimum atomic E-state index is -0.339. The van der Waals surface area contributed by atoms with Gasteiger partial charge in [-0.3, -0.25) is 4.79 Å². The molecule has 2 aromatic carbocycles. The maximum absolute atomic E-state index is 13.8. The van der Waals surface area contributed by atoms with E-state index >= 15 is 0 Å². The summed E-state index contributed by atoms with van der Waals surface area (Å²) in [5.74, 6) is 0.294. The number of hydrogen-bond donors (Lipinski definition) is 2. The summed E-state index contributed by atoms with van der Waals surface area (Å²) in [5, 5.41) is 12.2. The minimum absolute atomic E-state index is 0.0376. The molecule has 0 saturated heterocycles. The van der Waals surface area contributed by atoms with Crippen LogP contribution < -0.4 is 20.6 Å². The van der Waals surface area contributed by atoms with Gasteiger partial charge in [0, 0.05) is 5.56 Å². The van der Waals surface area contributed by atoms with Crippen molar-refractivity contribution in [3.8, 4) is 11.5 Å². The van der Waals surface area contributed by atoms with Crippen LogP contribution >= 0.6 is 33.9 Å². The van der Waals surface area contributed by atoms with Gasteiger partial charge < -0.3 is 15.2 Å². The number of hydrazone groups is 1. The van der Waals surface area contributed by atoms with Crippen molar-refractivity contribution in [2.45, 2.75) is 13.0 Å². The predicted molar refractivity (Wildman–Crippen MR) is 120 cm³/mol. The minimum Gasteiger partial charge on any atom is -0.493 e. The molecule has 1 heterocycles. The van der Waals surface area contributed by atoms with E-state index in [2.05, 4.69) is 43.3 Å². The first-order chi connectivity index (χ1) is 14.5. The van der Waals surface area contributed by atoms with Crippen LogP contribution in [-0.2, 0) is 17.8 Å². The lowest BCUT2D eigenvalue weighted by Gasteiger charge is -2.14. The molecule has 3 rings (SSSR count). The van der Waals surface area contributed by atoms with E-state index in [-0.39, 0.29) is 24.8 Å². The topological polar surface area (TPSA) is 112 Å². The zero-order valence-electron chi connectivity index (χ0n) is 15.8. The number of ether oxygens (including phenoxy) is 2. The molecule has 0 bridgehead atoms. The van der Waals surface area contributed by atoms with E-state index in [1.54, 1.807) is 30.3 Å². The average molecular weight is 541 g/mol.